The summed E-state index contributed by atoms with van der Waals surface area (Å²) in [4.78, 5) is 16.1. The van der Waals surface area contributed by atoms with Crippen LogP contribution in [0.25, 0.3) is 0 Å². The van der Waals surface area contributed by atoms with Crippen LogP contribution >= 0.6 is 0 Å². The summed E-state index contributed by atoms with van der Waals surface area (Å²) in [5.74, 6) is 0. The van der Waals surface area contributed by atoms with Gasteiger partial charge in [0, 0.05) is 19.2 Å². The molecule has 2 heterocycles. The number of amides is 1. The second kappa shape index (κ2) is 4.84. The molecule has 1 aromatic heterocycles. The van der Waals surface area contributed by atoms with Crippen LogP contribution in [0.5, 0.6) is 0 Å². The Morgan fingerprint density at radius 3 is 2.80 bits per heavy atom. The maximum atomic E-state index is 12.6. The van der Waals surface area contributed by atoms with Gasteiger partial charge in [-0.15, -0.1) is 0 Å². The van der Waals surface area contributed by atoms with Crippen molar-refractivity contribution < 1.29 is 22.7 Å². The quantitative estimate of drug-likeness (QED) is 0.906. The SMILES string of the molecule is C[C@@]1(OC(N)=O)CCN(c2cncc(C(F)(F)F)c2)C1. The van der Waals surface area contributed by atoms with E-state index in [1.165, 1.54) is 6.20 Å². The third kappa shape index (κ3) is 3.12. The van der Waals surface area contributed by atoms with E-state index in [1.54, 1.807) is 11.8 Å². The molecule has 2 rings (SSSR count). The highest BCUT2D eigenvalue weighted by molar-refractivity contribution is 5.65. The van der Waals surface area contributed by atoms with Crippen LogP contribution in [0.3, 0.4) is 0 Å². The van der Waals surface area contributed by atoms with E-state index < -0.39 is 23.4 Å². The summed E-state index contributed by atoms with van der Waals surface area (Å²) >= 11 is 0. The number of hydrogen-bond donors (Lipinski definition) is 1. The van der Waals surface area contributed by atoms with Gasteiger partial charge < -0.3 is 15.4 Å². The minimum atomic E-state index is -4.43. The van der Waals surface area contributed by atoms with Crippen molar-refractivity contribution in [1.29, 1.82) is 0 Å². The van der Waals surface area contributed by atoms with Gasteiger partial charge in [-0.05, 0) is 13.0 Å². The summed E-state index contributed by atoms with van der Waals surface area (Å²) in [5, 5.41) is 0. The van der Waals surface area contributed by atoms with Crippen molar-refractivity contribution in [2.75, 3.05) is 18.0 Å². The molecule has 1 amide bonds. The van der Waals surface area contributed by atoms with Gasteiger partial charge in [-0.25, -0.2) is 4.79 Å². The minimum Gasteiger partial charge on any atom is -0.441 e. The number of nitrogens with two attached hydrogens (primary N) is 1. The summed E-state index contributed by atoms with van der Waals surface area (Å²) in [5.41, 5.74) is 3.73. The average Bonchev–Trinajstić information content (AvgIpc) is 2.69. The van der Waals surface area contributed by atoms with Gasteiger partial charge in [-0.2, -0.15) is 13.2 Å². The first-order chi connectivity index (χ1) is 9.20. The Balaban J connectivity index is 2.16. The number of carbonyl (C=O) groups excluding carboxylic acids is 1. The summed E-state index contributed by atoms with van der Waals surface area (Å²) in [7, 11) is 0. The van der Waals surface area contributed by atoms with Crippen LogP contribution in [-0.4, -0.2) is 29.8 Å². The van der Waals surface area contributed by atoms with Gasteiger partial charge in [0.1, 0.15) is 5.60 Å². The fourth-order valence-corrected chi connectivity index (χ4v) is 2.24. The van der Waals surface area contributed by atoms with Crippen LogP contribution in [0.15, 0.2) is 18.5 Å². The first-order valence-electron chi connectivity index (χ1n) is 5.95. The normalized spacial score (nSPS) is 22.9. The molecule has 0 radical (unpaired) electrons. The third-order valence-corrected chi connectivity index (χ3v) is 3.20. The largest absolute Gasteiger partial charge is 0.441 e. The van der Waals surface area contributed by atoms with Crippen molar-refractivity contribution in [2.24, 2.45) is 5.73 Å². The third-order valence-electron chi connectivity index (χ3n) is 3.20. The lowest BCUT2D eigenvalue weighted by atomic mass is 10.1. The van der Waals surface area contributed by atoms with Gasteiger partial charge in [-0.3, -0.25) is 4.98 Å². The molecule has 1 aliphatic heterocycles. The fraction of sp³-hybridized carbons (Fsp3) is 0.500. The molecule has 0 aromatic carbocycles. The van der Waals surface area contributed by atoms with Crippen molar-refractivity contribution in [3.05, 3.63) is 24.0 Å². The first-order valence-corrected chi connectivity index (χ1v) is 5.95. The number of alkyl halides is 3. The van der Waals surface area contributed by atoms with Crippen LogP contribution in [0.2, 0.25) is 0 Å². The number of ether oxygens (including phenoxy) is 1. The van der Waals surface area contributed by atoms with E-state index in [9.17, 15) is 18.0 Å². The van der Waals surface area contributed by atoms with Crippen molar-refractivity contribution in [1.82, 2.24) is 4.98 Å². The van der Waals surface area contributed by atoms with Gasteiger partial charge >= 0.3 is 12.3 Å². The molecule has 1 aromatic rings. The van der Waals surface area contributed by atoms with Gasteiger partial charge in [-0.1, -0.05) is 0 Å². The number of rotatable bonds is 2. The highest BCUT2D eigenvalue weighted by atomic mass is 19.4. The molecular formula is C12H14F3N3O2. The Morgan fingerprint density at radius 1 is 1.50 bits per heavy atom. The molecular weight excluding hydrogens is 275 g/mol. The average molecular weight is 289 g/mol. The molecule has 0 unspecified atom stereocenters. The zero-order chi connectivity index (χ0) is 15.0. The predicted octanol–water partition coefficient (Wildman–Crippen LogP) is 2.16. The zero-order valence-electron chi connectivity index (χ0n) is 10.8. The summed E-state index contributed by atoms with van der Waals surface area (Å²) in [6.45, 7) is 2.44. The van der Waals surface area contributed by atoms with Gasteiger partial charge in [0.25, 0.3) is 0 Å². The standard InChI is InChI=1S/C12H14F3N3O2/c1-11(20-10(16)19)2-3-18(7-11)9-4-8(5-17-6-9)12(13,14)15/h4-6H,2-3,7H2,1H3,(H2,16,19)/t11-/m1/s1. The predicted molar refractivity (Wildman–Crippen MR) is 65.1 cm³/mol. The first kappa shape index (κ1) is 14.4. The molecule has 2 N–H and O–H groups in total. The van der Waals surface area contributed by atoms with E-state index in [2.05, 4.69) is 4.98 Å². The number of nitrogens with zero attached hydrogens (tertiary/aromatic N) is 2. The van der Waals surface area contributed by atoms with E-state index in [-0.39, 0.29) is 6.54 Å². The fourth-order valence-electron chi connectivity index (χ4n) is 2.24. The molecule has 0 saturated carbocycles. The second-order valence-corrected chi connectivity index (χ2v) is 4.97. The molecule has 8 heteroatoms. The maximum absolute atomic E-state index is 12.6. The van der Waals surface area contributed by atoms with E-state index >= 15 is 0 Å². The van der Waals surface area contributed by atoms with Gasteiger partial charge in [0.2, 0.25) is 0 Å². The lowest BCUT2D eigenvalue weighted by molar-refractivity contribution is -0.137. The van der Waals surface area contributed by atoms with Crippen LogP contribution < -0.4 is 10.6 Å². The number of carbonyl (C=O) groups is 1. The van der Waals surface area contributed by atoms with Crippen LogP contribution in [-0.2, 0) is 10.9 Å². The van der Waals surface area contributed by atoms with Crippen molar-refractivity contribution in [3.63, 3.8) is 0 Å². The number of anilines is 1. The van der Waals surface area contributed by atoms with E-state index in [4.69, 9.17) is 10.5 Å². The number of aromatic nitrogens is 1. The number of halogens is 3. The highest BCUT2D eigenvalue weighted by Gasteiger charge is 2.38. The molecule has 1 saturated heterocycles. The van der Waals surface area contributed by atoms with Crippen LogP contribution in [0.4, 0.5) is 23.7 Å². The van der Waals surface area contributed by atoms with Crippen molar-refractivity contribution in [3.8, 4) is 0 Å². The lowest BCUT2D eigenvalue weighted by Crippen LogP contribution is -2.37. The lowest BCUT2D eigenvalue weighted by Gasteiger charge is -2.25. The molecule has 20 heavy (non-hydrogen) atoms. The molecule has 1 atom stereocenters. The number of hydrogen-bond acceptors (Lipinski definition) is 4. The van der Waals surface area contributed by atoms with E-state index in [0.29, 0.717) is 18.7 Å². The maximum Gasteiger partial charge on any atom is 0.417 e. The molecule has 110 valence electrons. The van der Waals surface area contributed by atoms with Gasteiger partial charge in [0.05, 0.1) is 24.0 Å². The Labute approximate surface area is 113 Å². The number of primary amides is 1. The van der Waals surface area contributed by atoms with Gasteiger partial charge in [0.15, 0.2) is 0 Å². The molecule has 1 fully saturated rings. The van der Waals surface area contributed by atoms with Crippen LogP contribution in [0, 0.1) is 0 Å². The highest BCUT2D eigenvalue weighted by Crippen LogP contribution is 2.33. The smallest absolute Gasteiger partial charge is 0.417 e. The zero-order valence-corrected chi connectivity index (χ0v) is 10.8. The van der Waals surface area contributed by atoms with Crippen LogP contribution in [0.1, 0.15) is 18.9 Å². The molecule has 0 bridgehead atoms. The molecule has 0 aliphatic carbocycles. The Bertz CT molecular complexity index is 521. The van der Waals surface area contributed by atoms with Crippen molar-refractivity contribution in [2.45, 2.75) is 25.1 Å². The second-order valence-electron chi connectivity index (χ2n) is 4.97. The monoisotopic (exact) mass is 289 g/mol. The Kier molecular flexibility index (Phi) is 3.49. The summed E-state index contributed by atoms with van der Waals surface area (Å²) in [6, 6.07) is 1.03. The van der Waals surface area contributed by atoms with Crippen molar-refractivity contribution >= 4 is 11.8 Å². The molecule has 1 aliphatic rings. The Hall–Kier alpha value is -1.99. The minimum absolute atomic E-state index is 0.277. The Morgan fingerprint density at radius 2 is 2.20 bits per heavy atom. The summed E-state index contributed by atoms with van der Waals surface area (Å²) in [6.07, 6.45) is -2.71. The molecule has 0 spiro atoms. The number of pyridine rings is 1. The topological polar surface area (TPSA) is 68.5 Å². The molecule has 5 nitrogen and oxygen atoms in total. The van der Waals surface area contributed by atoms with E-state index in [0.717, 1.165) is 12.3 Å². The summed E-state index contributed by atoms with van der Waals surface area (Å²) < 4.78 is 42.9. The van der Waals surface area contributed by atoms with E-state index in [1.807, 2.05) is 0 Å².